The van der Waals surface area contributed by atoms with Gasteiger partial charge in [-0.05, 0) is 18.1 Å². The van der Waals surface area contributed by atoms with Crippen molar-refractivity contribution in [1.82, 2.24) is 0 Å². The first-order valence-electron chi connectivity index (χ1n) is 5.21. The molecule has 1 aliphatic heterocycles. The van der Waals surface area contributed by atoms with E-state index in [1.165, 1.54) is 6.08 Å². The highest BCUT2D eigenvalue weighted by Gasteiger charge is 2.46. The number of rotatable bonds is 1. The average Bonchev–Trinajstić information content (AvgIpc) is 2.31. The van der Waals surface area contributed by atoms with Gasteiger partial charge in [-0.25, -0.2) is 0 Å². The highest BCUT2D eigenvalue weighted by molar-refractivity contribution is 5.34. The Morgan fingerprint density at radius 2 is 1.81 bits per heavy atom. The van der Waals surface area contributed by atoms with Crippen LogP contribution in [0, 0.1) is 11.3 Å². The van der Waals surface area contributed by atoms with E-state index < -0.39 is 6.29 Å². The first-order valence-corrected chi connectivity index (χ1v) is 5.21. The van der Waals surface area contributed by atoms with Crippen molar-refractivity contribution >= 4 is 0 Å². The van der Waals surface area contributed by atoms with Crippen LogP contribution in [0.5, 0.6) is 0 Å². The number of fused-ring (bicyclic) bond motifs is 1. The molecule has 2 nitrogen and oxygen atoms in total. The zero-order chi connectivity index (χ0) is 12.0. The smallest absolute Gasteiger partial charge is 0.396 e. The van der Waals surface area contributed by atoms with E-state index in [9.17, 15) is 8.78 Å². The van der Waals surface area contributed by atoms with Crippen molar-refractivity contribution in [3.8, 4) is 0 Å². The molecule has 0 aromatic heterocycles. The Balaban J connectivity index is 2.40. The van der Waals surface area contributed by atoms with Crippen LogP contribution in [0.25, 0.3) is 0 Å². The molecule has 1 fully saturated rings. The van der Waals surface area contributed by atoms with Crippen LogP contribution in [0.2, 0.25) is 0 Å². The van der Waals surface area contributed by atoms with Gasteiger partial charge in [0.05, 0.1) is 0 Å². The minimum atomic E-state index is -3.54. The van der Waals surface area contributed by atoms with Gasteiger partial charge in [-0.1, -0.05) is 32.9 Å². The summed E-state index contributed by atoms with van der Waals surface area (Å²) in [5, 5.41) is 0. The molecule has 16 heavy (non-hydrogen) atoms. The molecule has 0 aromatic rings. The predicted octanol–water partition coefficient (Wildman–Crippen LogP) is 3.58. The summed E-state index contributed by atoms with van der Waals surface area (Å²) < 4.78 is 34.6. The third-order valence-corrected chi connectivity index (χ3v) is 3.09. The number of alkyl halides is 2. The Morgan fingerprint density at radius 3 is 2.44 bits per heavy atom. The van der Waals surface area contributed by atoms with Crippen molar-refractivity contribution in [2.75, 3.05) is 0 Å². The van der Waals surface area contributed by atoms with E-state index in [1.807, 2.05) is 26.8 Å². The summed E-state index contributed by atoms with van der Waals surface area (Å²) in [6.45, 7) is 6.03. The first-order chi connectivity index (χ1) is 7.32. The standard InChI is InChI=1S/C12H14F2O2/c1-8(2)11(3)6-4-5-9-10(7-11)16-12(13,14)15-9/h4-8H,1-3H3. The Bertz CT molecular complexity index is 394. The molecule has 0 aromatic carbocycles. The molecule has 1 unspecified atom stereocenters. The van der Waals surface area contributed by atoms with Crippen LogP contribution in [-0.4, -0.2) is 6.29 Å². The molecule has 1 atom stereocenters. The zero-order valence-corrected chi connectivity index (χ0v) is 9.46. The van der Waals surface area contributed by atoms with Crippen LogP contribution >= 0.6 is 0 Å². The fraction of sp³-hybridized carbons (Fsp3) is 0.500. The molecule has 4 heteroatoms. The van der Waals surface area contributed by atoms with Crippen molar-refractivity contribution in [2.45, 2.75) is 27.1 Å². The van der Waals surface area contributed by atoms with E-state index in [0.29, 0.717) is 0 Å². The molecule has 1 heterocycles. The van der Waals surface area contributed by atoms with Gasteiger partial charge in [-0.3, -0.25) is 0 Å². The van der Waals surface area contributed by atoms with Gasteiger partial charge >= 0.3 is 6.29 Å². The summed E-state index contributed by atoms with van der Waals surface area (Å²) in [5.74, 6) is 0.485. The predicted molar refractivity (Wildman–Crippen MR) is 55.4 cm³/mol. The molecule has 0 bridgehead atoms. The van der Waals surface area contributed by atoms with E-state index in [-0.39, 0.29) is 22.9 Å². The summed E-state index contributed by atoms with van der Waals surface area (Å²) in [4.78, 5) is 0. The largest absolute Gasteiger partial charge is 0.586 e. The van der Waals surface area contributed by atoms with Crippen LogP contribution in [-0.2, 0) is 9.47 Å². The van der Waals surface area contributed by atoms with Crippen molar-refractivity contribution in [3.63, 3.8) is 0 Å². The van der Waals surface area contributed by atoms with E-state index in [0.717, 1.165) is 0 Å². The maximum Gasteiger partial charge on any atom is 0.586 e. The van der Waals surface area contributed by atoms with Crippen molar-refractivity contribution in [2.24, 2.45) is 11.3 Å². The Hall–Kier alpha value is -1.32. The molecular weight excluding hydrogens is 214 g/mol. The Labute approximate surface area is 93.2 Å². The van der Waals surface area contributed by atoms with Gasteiger partial charge in [0.25, 0.3) is 0 Å². The number of halogens is 2. The second-order valence-corrected chi connectivity index (χ2v) is 4.59. The molecule has 2 aliphatic rings. The van der Waals surface area contributed by atoms with E-state index >= 15 is 0 Å². The van der Waals surface area contributed by atoms with Crippen molar-refractivity contribution < 1.29 is 18.3 Å². The Morgan fingerprint density at radius 1 is 1.19 bits per heavy atom. The molecule has 0 radical (unpaired) electrons. The molecule has 0 N–H and O–H groups in total. The lowest BCUT2D eigenvalue weighted by Crippen LogP contribution is -2.19. The van der Waals surface area contributed by atoms with Crippen LogP contribution in [0.15, 0.2) is 35.8 Å². The van der Waals surface area contributed by atoms with Crippen molar-refractivity contribution in [3.05, 3.63) is 35.8 Å². The van der Waals surface area contributed by atoms with Crippen LogP contribution in [0.4, 0.5) is 8.78 Å². The maximum absolute atomic E-state index is 12.9. The molecule has 0 spiro atoms. The summed E-state index contributed by atoms with van der Waals surface area (Å²) in [5.41, 5.74) is -0.308. The molecule has 0 amide bonds. The second-order valence-electron chi connectivity index (χ2n) is 4.59. The highest BCUT2D eigenvalue weighted by atomic mass is 19.3. The van der Waals surface area contributed by atoms with Gasteiger partial charge in [-0.2, -0.15) is 0 Å². The first kappa shape index (κ1) is 11.2. The molecule has 88 valence electrons. The van der Waals surface area contributed by atoms with Gasteiger partial charge in [0.1, 0.15) is 0 Å². The number of allylic oxidation sites excluding steroid dienone is 4. The third kappa shape index (κ3) is 1.84. The van der Waals surface area contributed by atoms with Gasteiger partial charge in [0.2, 0.25) is 0 Å². The lowest BCUT2D eigenvalue weighted by molar-refractivity contribution is -0.326. The maximum atomic E-state index is 12.9. The van der Waals surface area contributed by atoms with Crippen LogP contribution in [0.1, 0.15) is 20.8 Å². The van der Waals surface area contributed by atoms with E-state index in [4.69, 9.17) is 0 Å². The van der Waals surface area contributed by atoms with E-state index in [1.54, 1.807) is 12.2 Å². The summed E-state index contributed by atoms with van der Waals surface area (Å²) in [6.07, 6.45) is 3.33. The quantitative estimate of drug-likeness (QED) is 0.682. The SMILES string of the molecule is CC(C)C1(C)C=CC=C2OC(F)(F)OC2=C1. The van der Waals surface area contributed by atoms with Crippen molar-refractivity contribution in [1.29, 1.82) is 0 Å². The van der Waals surface area contributed by atoms with Crippen LogP contribution in [0.3, 0.4) is 0 Å². The van der Waals surface area contributed by atoms with Gasteiger partial charge in [0.15, 0.2) is 11.5 Å². The topological polar surface area (TPSA) is 18.5 Å². The molecule has 1 aliphatic carbocycles. The lowest BCUT2D eigenvalue weighted by Gasteiger charge is -2.26. The third-order valence-electron chi connectivity index (χ3n) is 3.09. The summed E-state index contributed by atoms with van der Waals surface area (Å²) in [6, 6.07) is 0. The summed E-state index contributed by atoms with van der Waals surface area (Å²) >= 11 is 0. The monoisotopic (exact) mass is 228 g/mol. The second kappa shape index (κ2) is 3.34. The van der Waals surface area contributed by atoms with Crippen LogP contribution < -0.4 is 0 Å². The summed E-state index contributed by atoms with van der Waals surface area (Å²) in [7, 11) is 0. The average molecular weight is 228 g/mol. The van der Waals surface area contributed by atoms with Gasteiger partial charge < -0.3 is 9.47 Å². The number of ether oxygens (including phenoxy) is 2. The Kier molecular flexibility index (Phi) is 2.33. The van der Waals surface area contributed by atoms with E-state index in [2.05, 4.69) is 9.47 Å². The molecule has 0 saturated carbocycles. The normalized spacial score (nSPS) is 31.1. The van der Waals surface area contributed by atoms with Gasteiger partial charge in [-0.15, -0.1) is 8.78 Å². The molecule has 2 rings (SSSR count). The van der Waals surface area contributed by atoms with Gasteiger partial charge in [0, 0.05) is 5.41 Å². The minimum Gasteiger partial charge on any atom is -0.396 e. The fourth-order valence-corrected chi connectivity index (χ4v) is 1.63. The number of hydrogen-bond donors (Lipinski definition) is 0. The highest BCUT2D eigenvalue weighted by Crippen LogP contribution is 2.42. The molecule has 1 saturated heterocycles. The zero-order valence-electron chi connectivity index (χ0n) is 9.46. The molecular formula is C12H14F2O2. The lowest BCUT2D eigenvalue weighted by atomic mass is 9.78. The minimum absolute atomic E-state index is 0.0885. The fourth-order valence-electron chi connectivity index (χ4n) is 1.63. The number of hydrogen-bond acceptors (Lipinski definition) is 2.